The van der Waals surface area contributed by atoms with E-state index in [1.165, 1.54) is 5.56 Å². The maximum Gasteiger partial charge on any atom is 0.118 e. The van der Waals surface area contributed by atoms with Gasteiger partial charge in [-0.2, -0.15) is 0 Å². The van der Waals surface area contributed by atoms with E-state index < -0.39 is 0 Å². The highest BCUT2D eigenvalue weighted by molar-refractivity contribution is 5.36. The molecule has 96 valence electrons. The molecule has 5 N–H and O–H groups in total. The Hall–Kier alpha value is -1.06. The smallest absolute Gasteiger partial charge is 0.118 e. The number of phenols is 1. The molecule has 0 amide bonds. The fourth-order valence-electron chi connectivity index (χ4n) is 2.16. The van der Waals surface area contributed by atoms with Crippen LogP contribution < -0.4 is 11.5 Å². The number of benzene rings is 1. The van der Waals surface area contributed by atoms with Crippen LogP contribution in [0.25, 0.3) is 0 Å². The van der Waals surface area contributed by atoms with Gasteiger partial charge in [0.05, 0.1) is 0 Å². The van der Waals surface area contributed by atoms with Crippen LogP contribution in [0.1, 0.15) is 36.8 Å². The minimum atomic E-state index is 0.359. The summed E-state index contributed by atoms with van der Waals surface area (Å²) in [6.45, 7) is 5.39. The Bertz CT molecular complexity index is 348. The molecule has 0 aliphatic heterocycles. The number of nitrogens with two attached hydrogens (primary N) is 2. The summed E-state index contributed by atoms with van der Waals surface area (Å²) in [5.41, 5.74) is 13.6. The normalized spacial score (nSPS) is 13.0. The number of hydrogen-bond acceptors (Lipinski definition) is 3. The SMILES string of the molecule is CCC(CC(CN)CN)c1ccc(O)c(C)c1. The van der Waals surface area contributed by atoms with Crippen molar-refractivity contribution in [1.29, 1.82) is 0 Å². The van der Waals surface area contributed by atoms with E-state index in [4.69, 9.17) is 11.5 Å². The highest BCUT2D eigenvalue weighted by Crippen LogP contribution is 2.29. The van der Waals surface area contributed by atoms with Crippen LogP contribution in [0.4, 0.5) is 0 Å². The number of phenolic OH excluding ortho intramolecular Hbond substituents is 1. The molecule has 0 heterocycles. The standard InChI is InChI=1S/C14H24N2O/c1-3-12(7-11(8-15)9-16)13-4-5-14(17)10(2)6-13/h4-6,11-12,17H,3,7-9,15-16H2,1-2H3. The number of aryl methyl sites for hydroxylation is 1. The average Bonchev–Trinajstić information content (AvgIpc) is 2.35. The maximum absolute atomic E-state index is 9.53. The molecule has 0 spiro atoms. The molecular weight excluding hydrogens is 212 g/mol. The molecule has 1 rings (SSSR count). The summed E-state index contributed by atoms with van der Waals surface area (Å²) in [6, 6.07) is 5.83. The summed E-state index contributed by atoms with van der Waals surface area (Å²) >= 11 is 0. The molecular formula is C14H24N2O. The second kappa shape index (κ2) is 6.62. The number of hydrogen-bond donors (Lipinski definition) is 3. The van der Waals surface area contributed by atoms with Gasteiger partial charge in [-0.3, -0.25) is 0 Å². The van der Waals surface area contributed by atoms with Crippen LogP contribution in [0.3, 0.4) is 0 Å². The molecule has 0 bridgehead atoms. The van der Waals surface area contributed by atoms with Crippen molar-refractivity contribution in [2.75, 3.05) is 13.1 Å². The van der Waals surface area contributed by atoms with Crippen molar-refractivity contribution in [1.82, 2.24) is 0 Å². The molecule has 3 heteroatoms. The molecule has 1 aromatic carbocycles. The molecule has 0 radical (unpaired) electrons. The summed E-state index contributed by atoms with van der Waals surface area (Å²) in [6.07, 6.45) is 2.09. The lowest BCUT2D eigenvalue weighted by atomic mass is 9.86. The quantitative estimate of drug-likeness (QED) is 0.708. The van der Waals surface area contributed by atoms with Crippen LogP contribution in [-0.2, 0) is 0 Å². The van der Waals surface area contributed by atoms with Gasteiger partial charge in [-0.25, -0.2) is 0 Å². The van der Waals surface area contributed by atoms with Gasteiger partial charge < -0.3 is 16.6 Å². The number of aromatic hydroxyl groups is 1. The molecule has 0 fully saturated rings. The van der Waals surface area contributed by atoms with Crippen LogP contribution >= 0.6 is 0 Å². The first kappa shape index (κ1) is 14.0. The number of rotatable bonds is 6. The van der Waals surface area contributed by atoms with Crippen LogP contribution in [0.15, 0.2) is 18.2 Å². The minimum absolute atomic E-state index is 0.359. The van der Waals surface area contributed by atoms with E-state index in [9.17, 15) is 5.11 Å². The predicted molar refractivity (Wildman–Crippen MR) is 72.1 cm³/mol. The molecule has 0 saturated heterocycles. The van der Waals surface area contributed by atoms with Crippen molar-refractivity contribution in [3.8, 4) is 5.75 Å². The predicted octanol–water partition coefficient (Wildman–Crippen LogP) is 2.12. The lowest BCUT2D eigenvalue weighted by Gasteiger charge is -2.21. The molecule has 1 atom stereocenters. The first-order valence-corrected chi connectivity index (χ1v) is 6.32. The van der Waals surface area contributed by atoms with Gasteiger partial charge in [-0.15, -0.1) is 0 Å². The second-order valence-electron chi connectivity index (χ2n) is 4.72. The Morgan fingerprint density at radius 3 is 2.35 bits per heavy atom. The zero-order chi connectivity index (χ0) is 12.8. The summed E-state index contributed by atoms with van der Waals surface area (Å²) in [5, 5.41) is 9.53. The third kappa shape index (κ3) is 3.72. The van der Waals surface area contributed by atoms with Gasteiger partial charge in [0.2, 0.25) is 0 Å². The fourth-order valence-corrected chi connectivity index (χ4v) is 2.16. The van der Waals surface area contributed by atoms with Gasteiger partial charge in [0, 0.05) is 0 Å². The van der Waals surface area contributed by atoms with E-state index in [-0.39, 0.29) is 0 Å². The first-order valence-electron chi connectivity index (χ1n) is 6.32. The van der Waals surface area contributed by atoms with E-state index in [2.05, 4.69) is 13.0 Å². The summed E-state index contributed by atoms with van der Waals surface area (Å²) in [5.74, 6) is 1.22. The molecule has 0 aliphatic rings. The van der Waals surface area contributed by atoms with Gasteiger partial charge in [0.25, 0.3) is 0 Å². The van der Waals surface area contributed by atoms with Crippen LogP contribution in [0.5, 0.6) is 5.75 Å². The first-order chi connectivity index (χ1) is 8.12. The fraction of sp³-hybridized carbons (Fsp3) is 0.571. The van der Waals surface area contributed by atoms with E-state index in [0.717, 1.165) is 18.4 Å². The largest absolute Gasteiger partial charge is 0.508 e. The van der Waals surface area contributed by atoms with Crippen molar-refractivity contribution in [3.05, 3.63) is 29.3 Å². The van der Waals surface area contributed by atoms with Crippen molar-refractivity contribution < 1.29 is 5.11 Å². The highest BCUT2D eigenvalue weighted by atomic mass is 16.3. The minimum Gasteiger partial charge on any atom is -0.508 e. The van der Waals surface area contributed by atoms with Gasteiger partial charge in [0.1, 0.15) is 5.75 Å². The summed E-state index contributed by atoms with van der Waals surface area (Å²) in [7, 11) is 0. The Morgan fingerprint density at radius 1 is 1.24 bits per heavy atom. The molecule has 17 heavy (non-hydrogen) atoms. The lowest BCUT2D eigenvalue weighted by Crippen LogP contribution is -2.25. The van der Waals surface area contributed by atoms with Crippen molar-refractivity contribution in [2.24, 2.45) is 17.4 Å². The molecule has 1 unspecified atom stereocenters. The highest BCUT2D eigenvalue weighted by Gasteiger charge is 2.15. The third-order valence-electron chi connectivity index (χ3n) is 3.47. The second-order valence-corrected chi connectivity index (χ2v) is 4.72. The van der Waals surface area contributed by atoms with Gasteiger partial charge in [0.15, 0.2) is 0 Å². The monoisotopic (exact) mass is 236 g/mol. The van der Waals surface area contributed by atoms with Gasteiger partial charge >= 0.3 is 0 Å². The molecule has 0 aliphatic carbocycles. The molecule has 1 aromatic rings. The van der Waals surface area contributed by atoms with E-state index in [0.29, 0.717) is 30.7 Å². The topological polar surface area (TPSA) is 72.3 Å². The average molecular weight is 236 g/mol. The maximum atomic E-state index is 9.53. The van der Waals surface area contributed by atoms with Crippen molar-refractivity contribution in [3.63, 3.8) is 0 Å². The zero-order valence-corrected chi connectivity index (χ0v) is 10.8. The Kier molecular flexibility index (Phi) is 5.45. The van der Waals surface area contributed by atoms with Crippen LogP contribution in [-0.4, -0.2) is 18.2 Å². The van der Waals surface area contributed by atoms with Crippen molar-refractivity contribution in [2.45, 2.75) is 32.6 Å². The van der Waals surface area contributed by atoms with Crippen LogP contribution in [0, 0.1) is 12.8 Å². The van der Waals surface area contributed by atoms with Crippen molar-refractivity contribution >= 4 is 0 Å². The van der Waals surface area contributed by atoms with E-state index in [1.807, 2.05) is 13.0 Å². The zero-order valence-electron chi connectivity index (χ0n) is 10.8. The Balaban J connectivity index is 2.82. The third-order valence-corrected chi connectivity index (χ3v) is 3.47. The molecule has 0 aromatic heterocycles. The Labute approximate surface area is 104 Å². The van der Waals surface area contributed by atoms with Gasteiger partial charge in [-0.05, 0) is 61.9 Å². The molecule has 3 nitrogen and oxygen atoms in total. The van der Waals surface area contributed by atoms with E-state index in [1.54, 1.807) is 6.07 Å². The van der Waals surface area contributed by atoms with Gasteiger partial charge in [-0.1, -0.05) is 19.1 Å². The van der Waals surface area contributed by atoms with E-state index >= 15 is 0 Å². The summed E-state index contributed by atoms with van der Waals surface area (Å²) in [4.78, 5) is 0. The summed E-state index contributed by atoms with van der Waals surface area (Å²) < 4.78 is 0. The lowest BCUT2D eigenvalue weighted by molar-refractivity contribution is 0.440. The van der Waals surface area contributed by atoms with Crippen LogP contribution in [0.2, 0.25) is 0 Å². The Morgan fingerprint density at radius 2 is 1.88 bits per heavy atom. The molecule has 0 saturated carbocycles.